The lowest BCUT2D eigenvalue weighted by Crippen LogP contribution is -2.22. The molecule has 0 aliphatic rings. The van der Waals surface area contributed by atoms with Gasteiger partial charge in [-0.25, -0.2) is 0 Å². The van der Waals surface area contributed by atoms with E-state index in [-0.39, 0.29) is 0 Å². The van der Waals surface area contributed by atoms with Gasteiger partial charge in [0.15, 0.2) is 0 Å². The molecule has 0 aliphatic heterocycles. The maximum atomic E-state index is 2.26. The maximum absolute atomic E-state index is 2.26. The van der Waals surface area contributed by atoms with Crippen molar-refractivity contribution in [1.29, 1.82) is 0 Å². The Morgan fingerprint density at radius 1 is 0.550 bits per heavy atom. The summed E-state index contributed by atoms with van der Waals surface area (Å²) in [4.78, 5) is 0. The predicted molar refractivity (Wildman–Crippen MR) is 89.9 cm³/mol. The first-order valence-corrected chi connectivity index (χ1v) is 8.16. The predicted octanol–water partition coefficient (Wildman–Crippen LogP) is 3.75. The molecule has 1 heteroatoms. The van der Waals surface area contributed by atoms with Crippen molar-refractivity contribution >= 4 is 23.8 Å². The molecule has 0 saturated heterocycles. The van der Waals surface area contributed by atoms with Crippen molar-refractivity contribution in [1.82, 2.24) is 0 Å². The molecule has 0 saturated carbocycles. The third-order valence-electron chi connectivity index (χ3n) is 3.39. The van der Waals surface area contributed by atoms with Gasteiger partial charge in [0.05, 0.1) is 0 Å². The molecule has 98 valence electrons. The van der Waals surface area contributed by atoms with Gasteiger partial charge in [0.1, 0.15) is 0 Å². The van der Waals surface area contributed by atoms with Gasteiger partial charge < -0.3 is 0 Å². The number of rotatable bonds is 3. The number of hydrogen-bond acceptors (Lipinski definition) is 0. The Bertz CT molecular complexity index is 635. The van der Waals surface area contributed by atoms with Crippen LogP contribution in [0.5, 0.6) is 0 Å². The lowest BCUT2D eigenvalue weighted by Gasteiger charge is -2.21. The zero-order chi connectivity index (χ0) is 13.8. The fourth-order valence-electron chi connectivity index (χ4n) is 2.40. The maximum Gasteiger partial charge on any atom is -0.0122 e. The van der Waals surface area contributed by atoms with Crippen LogP contribution in [0.15, 0.2) is 84.9 Å². The van der Waals surface area contributed by atoms with Gasteiger partial charge in [-0.3, -0.25) is 0 Å². The van der Waals surface area contributed by atoms with Crippen LogP contribution in [0.1, 0.15) is 5.56 Å². The molecule has 0 fully saturated rings. The minimum absolute atomic E-state index is 0.467. The van der Waals surface area contributed by atoms with Gasteiger partial charge in [0.25, 0.3) is 0 Å². The molecule has 20 heavy (non-hydrogen) atoms. The monoisotopic (exact) mass is 276 g/mol. The second-order valence-corrected chi connectivity index (χ2v) is 6.98. The van der Waals surface area contributed by atoms with E-state index in [0.29, 0.717) is 0 Å². The topological polar surface area (TPSA) is 0 Å². The van der Waals surface area contributed by atoms with Crippen molar-refractivity contribution in [2.24, 2.45) is 0 Å². The Morgan fingerprint density at radius 2 is 1.00 bits per heavy atom. The van der Waals surface area contributed by atoms with Crippen LogP contribution in [-0.2, 0) is 0 Å². The largest absolute Gasteiger partial charge is 0.0622 e. The highest BCUT2D eigenvalue weighted by Gasteiger charge is 2.17. The van der Waals surface area contributed by atoms with Gasteiger partial charge in [-0.1, -0.05) is 84.9 Å². The van der Waals surface area contributed by atoms with Gasteiger partial charge in [-0.15, -0.1) is 0 Å². The highest BCUT2D eigenvalue weighted by atomic mass is 31.1. The molecule has 0 amide bonds. The Hall–Kier alpha value is -1.91. The van der Waals surface area contributed by atoms with E-state index < -0.39 is 7.92 Å². The molecule has 0 heterocycles. The fraction of sp³-hybridized carbons (Fsp3) is 0.0526. The number of hydrogen-bond donors (Lipinski definition) is 0. The fourth-order valence-corrected chi connectivity index (χ4v) is 4.85. The highest BCUT2D eigenvalue weighted by Crippen LogP contribution is 2.33. The molecule has 0 aromatic heterocycles. The summed E-state index contributed by atoms with van der Waals surface area (Å²) in [6.45, 7) is 2.20. The van der Waals surface area contributed by atoms with Gasteiger partial charge in [-0.2, -0.15) is 0 Å². The van der Waals surface area contributed by atoms with Crippen LogP contribution in [0.3, 0.4) is 0 Å². The van der Waals surface area contributed by atoms with Crippen molar-refractivity contribution in [3.05, 3.63) is 90.5 Å². The molecule has 0 N–H and O–H groups in total. The first kappa shape index (κ1) is 13.1. The van der Waals surface area contributed by atoms with E-state index in [2.05, 4.69) is 91.9 Å². The molecule has 3 aromatic carbocycles. The highest BCUT2D eigenvalue weighted by molar-refractivity contribution is 7.79. The van der Waals surface area contributed by atoms with Crippen LogP contribution in [0, 0.1) is 6.92 Å². The molecule has 0 spiro atoms. The molecule has 0 unspecified atom stereocenters. The van der Waals surface area contributed by atoms with Gasteiger partial charge in [-0.05, 0) is 36.3 Å². The van der Waals surface area contributed by atoms with E-state index in [1.165, 1.54) is 21.5 Å². The zero-order valence-electron chi connectivity index (χ0n) is 11.5. The summed E-state index contributed by atoms with van der Waals surface area (Å²) in [6.07, 6.45) is 0. The molecular weight excluding hydrogens is 259 g/mol. The number of benzene rings is 3. The summed E-state index contributed by atoms with van der Waals surface area (Å²) in [5.41, 5.74) is 1.37. The minimum Gasteiger partial charge on any atom is -0.0622 e. The van der Waals surface area contributed by atoms with Crippen molar-refractivity contribution in [2.75, 3.05) is 0 Å². The Balaban J connectivity index is 2.17. The van der Waals surface area contributed by atoms with Gasteiger partial charge in [0.2, 0.25) is 0 Å². The molecule has 3 aromatic rings. The lowest BCUT2D eigenvalue weighted by atomic mass is 10.2. The first-order chi connectivity index (χ1) is 9.86. The Kier molecular flexibility index (Phi) is 3.95. The Labute approximate surface area is 121 Å². The summed E-state index contributed by atoms with van der Waals surface area (Å²) in [6, 6.07) is 30.4. The van der Waals surface area contributed by atoms with Crippen LogP contribution in [0.4, 0.5) is 0 Å². The van der Waals surface area contributed by atoms with E-state index in [9.17, 15) is 0 Å². The third kappa shape index (κ3) is 2.66. The summed E-state index contributed by atoms with van der Waals surface area (Å²) in [7, 11) is -0.467. The van der Waals surface area contributed by atoms with E-state index in [1.54, 1.807) is 0 Å². The Morgan fingerprint density at radius 3 is 1.50 bits per heavy atom. The van der Waals surface area contributed by atoms with E-state index in [1.807, 2.05) is 0 Å². The van der Waals surface area contributed by atoms with Crippen LogP contribution in [0.2, 0.25) is 0 Å². The molecule has 0 bridgehead atoms. The smallest absolute Gasteiger partial charge is 0.0122 e. The van der Waals surface area contributed by atoms with Crippen molar-refractivity contribution in [2.45, 2.75) is 6.92 Å². The summed E-state index contributed by atoms with van der Waals surface area (Å²) in [5, 5.41) is 4.26. The minimum atomic E-state index is -0.467. The van der Waals surface area contributed by atoms with E-state index in [4.69, 9.17) is 0 Å². The van der Waals surface area contributed by atoms with Gasteiger partial charge >= 0.3 is 0 Å². The molecule has 0 nitrogen and oxygen atoms in total. The van der Waals surface area contributed by atoms with Crippen LogP contribution < -0.4 is 15.9 Å². The SMILES string of the molecule is Cc1ccccc1P(c1ccccc1)c1ccccc1. The molecule has 0 atom stereocenters. The van der Waals surface area contributed by atoms with Crippen molar-refractivity contribution < 1.29 is 0 Å². The third-order valence-corrected chi connectivity index (χ3v) is 6.00. The zero-order valence-corrected chi connectivity index (χ0v) is 12.4. The summed E-state index contributed by atoms with van der Waals surface area (Å²) >= 11 is 0. The normalized spacial score (nSPS) is 10.7. The van der Waals surface area contributed by atoms with E-state index >= 15 is 0 Å². The molecule has 0 radical (unpaired) electrons. The standard InChI is InChI=1S/C19H17P/c1-16-10-8-9-15-19(16)20(17-11-4-2-5-12-17)18-13-6-3-7-14-18/h2-15H,1H3. The summed E-state index contributed by atoms with van der Waals surface area (Å²) in [5.74, 6) is 0. The van der Waals surface area contributed by atoms with Crippen LogP contribution in [0.25, 0.3) is 0 Å². The molecule has 0 aliphatic carbocycles. The van der Waals surface area contributed by atoms with Crippen molar-refractivity contribution in [3.63, 3.8) is 0 Å². The van der Waals surface area contributed by atoms with E-state index in [0.717, 1.165) is 0 Å². The molecular formula is C19H17P. The van der Waals surface area contributed by atoms with Crippen LogP contribution >= 0.6 is 7.92 Å². The summed E-state index contributed by atoms with van der Waals surface area (Å²) < 4.78 is 0. The molecule has 3 rings (SSSR count). The van der Waals surface area contributed by atoms with Crippen LogP contribution in [-0.4, -0.2) is 0 Å². The second kappa shape index (κ2) is 6.03. The lowest BCUT2D eigenvalue weighted by molar-refractivity contribution is 1.52. The van der Waals surface area contributed by atoms with Gasteiger partial charge in [0, 0.05) is 0 Å². The first-order valence-electron chi connectivity index (χ1n) is 6.82. The average molecular weight is 276 g/mol. The quantitative estimate of drug-likeness (QED) is 0.639. The van der Waals surface area contributed by atoms with Crippen molar-refractivity contribution in [3.8, 4) is 0 Å². The average Bonchev–Trinajstić information content (AvgIpc) is 2.52. The number of aryl methyl sites for hydroxylation is 1. The second-order valence-electron chi connectivity index (χ2n) is 4.79.